The van der Waals surface area contributed by atoms with Crippen LogP contribution in [0.15, 0.2) is 11.6 Å². The molecule has 0 aromatic rings. The smallest absolute Gasteiger partial charge is 0.306 e. The van der Waals surface area contributed by atoms with Crippen LogP contribution in [0.3, 0.4) is 0 Å². The van der Waals surface area contributed by atoms with Gasteiger partial charge in [-0.1, -0.05) is 52.5 Å². The monoisotopic (exact) mass is 414 g/mol. The Bertz CT molecular complexity index is 705. The molecule has 0 amide bonds. The summed E-state index contributed by atoms with van der Waals surface area (Å²) in [6, 6.07) is 0. The fraction of sp³-hybridized carbons (Fsp3) is 0.852. The molecule has 30 heavy (non-hydrogen) atoms. The molecule has 3 saturated carbocycles. The van der Waals surface area contributed by atoms with Crippen LogP contribution in [-0.2, 0) is 14.3 Å². The lowest BCUT2D eigenvalue weighted by Crippen LogP contribution is -2.49. The van der Waals surface area contributed by atoms with E-state index in [2.05, 4.69) is 27.7 Å². The third-order valence-electron chi connectivity index (χ3n) is 9.39. The Labute approximate surface area is 183 Å². The molecule has 0 aromatic heterocycles. The topological polar surface area (TPSA) is 43.4 Å². The number of unbranched alkanes of at least 4 members (excludes halogenated alkanes) is 3. The van der Waals surface area contributed by atoms with Gasteiger partial charge in [-0.25, -0.2) is 0 Å². The standard InChI is InChI=1S/C27H42O3/c1-5-6-7-8-9-25(29)30-24-13-12-22-20-11-10-18-16-23(28)26(2,3)17-21(18)19(20)14-15-27(22,24)4/h16,19-22,24H,5-15,17H2,1-4H3/t19-,20+,21-,22-,24-,27-/m0/s1. The molecule has 0 N–H and O–H groups in total. The van der Waals surface area contributed by atoms with Crippen molar-refractivity contribution >= 4 is 11.8 Å². The highest BCUT2D eigenvalue weighted by atomic mass is 16.5. The molecule has 3 fully saturated rings. The average molecular weight is 415 g/mol. The van der Waals surface area contributed by atoms with E-state index in [1.807, 2.05) is 6.08 Å². The van der Waals surface area contributed by atoms with E-state index in [1.165, 1.54) is 44.1 Å². The van der Waals surface area contributed by atoms with Crippen molar-refractivity contribution in [2.24, 2.45) is 34.5 Å². The number of hydrogen-bond donors (Lipinski definition) is 0. The van der Waals surface area contributed by atoms with Crippen LogP contribution < -0.4 is 0 Å². The number of carbonyl (C=O) groups is 2. The highest BCUT2D eigenvalue weighted by Gasteiger charge is 2.58. The lowest BCUT2D eigenvalue weighted by molar-refractivity contribution is -0.159. The average Bonchev–Trinajstić information content (AvgIpc) is 3.02. The summed E-state index contributed by atoms with van der Waals surface area (Å²) in [5.41, 5.74) is 1.39. The van der Waals surface area contributed by atoms with Gasteiger partial charge in [0.25, 0.3) is 0 Å². The lowest BCUT2D eigenvalue weighted by atomic mass is 9.50. The fourth-order valence-corrected chi connectivity index (χ4v) is 7.56. The van der Waals surface area contributed by atoms with Crippen LogP contribution in [0.1, 0.15) is 105 Å². The number of fused-ring (bicyclic) bond motifs is 5. The number of esters is 1. The summed E-state index contributed by atoms with van der Waals surface area (Å²) < 4.78 is 6.10. The number of allylic oxidation sites excluding steroid dienone is 1. The number of carbonyl (C=O) groups excluding carboxylic acids is 2. The third-order valence-corrected chi connectivity index (χ3v) is 9.39. The van der Waals surface area contributed by atoms with Crippen LogP contribution >= 0.6 is 0 Å². The molecule has 0 unspecified atom stereocenters. The lowest BCUT2D eigenvalue weighted by Gasteiger charge is -2.54. The summed E-state index contributed by atoms with van der Waals surface area (Å²) in [5, 5.41) is 0. The van der Waals surface area contributed by atoms with E-state index in [9.17, 15) is 9.59 Å². The molecule has 0 spiro atoms. The molecular weight excluding hydrogens is 372 g/mol. The summed E-state index contributed by atoms with van der Waals surface area (Å²) >= 11 is 0. The van der Waals surface area contributed by atoms with Crippen molar-refractivity contribution in [2.75, 3.05) is 0 Å². The zero-order valence-electron chi connectivity index (χ0n) is 19.7. The normalized spacial score (nSPS) is 39.5. The molecule has 6 atom stereocenters. The Kier molecular flexibility index (Phi) is 6.21. The first-order valence-corrected chi connectivity index (χ1v) is 12.7. The maximum atomic E-state index is 12.5. The van der Waals surface area contributed by atoms with Gasteiger partial charge in [-0.15, -0.1) is 0 Å². The number of rotatable bonds is 6. The van der Waals surface area contributed by atoms with Gasteiger partial charge < -0.3 is 4.74 Å². The van der Waals surface area contributed by atoms with E-state index >= 15 is 0 Å². The molecule has 3 heteroatoms. The van der Waals surface area contributed by atoms with Crippen molar-refractivity contribution in [3.05, 3.63) is 11.6 Å². The second-order valence-electron chi connectivity index (χ2n) is 11.7. The van der Waals surface area contributed by atoms with Crippen molar-refractivity contribution in [3.63, 3.8) is 0 Å². The van der Waals surface area contributed by atoms with Gasteiger partial charge in [0.1, 0.15) is 6.10 Å². The molecule has 0 aromatic carbocycles. The molecule has 0 saturated heterocycles. The quantitative estimate of drug-likeness (QED) is 0.361. The fourth-order valence-electron chi connectivity index (χ4n) is 7.56. The molecule has 4 aliphatic carbocycles. The first-order valence-electron chi connectivity index (χ1n) is 12.7. The van der Waals surface area contributed by atoms with Crippen molar-refractivity contribution in [1.82, 2.24) is 0 Å². The molecule has 168 valence electrons. The number of ether oxygens (including phenoxy) is 1. The first-order chi connectivity index (χ1) is 14.3. The van der Waals surface area contributed by atoms with Gasteiger partial charge in [0.15, 0.2) is 5.78 Å². The maximum Gasteiger partial charge on any atom is 0.306 e. The third kappa shape index (κ3) is 3.91. The van der Waals surface area contributed by atoms with Gasteiger partial charge in [0.05, 0.1) is 0 Å². The highest BCUT2D eigenvalue weighted by molar-refractivity contribution is 5.96. The minimum atomic E-state index is -0.206. The van der Waals surface area contributed by atoms with Crippen LogP contribution in [0.25, 0.3) is 0 Å². The maximum absolute atomic E-state index is 12.5. The molecule has 0 aliphatic heterocycles. The Morgan fingerprint density at radius 3 is 2.63 bits per heavy atom. The first kappa shape index (κ1) is 22.1. The molecule has 0 radical (unpaired) electrons. The van der Waals surface area contributed by atoms with Gasteiger partial charge >= 0.3 is 5.97 Å². The van der Waals surface area contributed by atoms with E-state index in [-0.39, 0.29) is 22.9 Å². The predicted molar refractivity (Wildman–Crippen MR) is 120 cm³/mol. The minimum Gasteiger partial charge on any atom is -0.462 e. The Morgan fingerprint density at radius 1 is 1.07 bits per heavy atom. The Morgan fingerprint density at radius 2 is 1.87 bits per heavy atom. The van der Waals surface area contributed by atoms with E-state index in [1.54, 1.807) is 0 Å². The van der Waals surface area contributed by atoms with Crippen molar-refractivity contribution in [3.8, 4) is 0 Å². The zero-order chi connectivity index (χ0) is 21.5. The van der Waals surface area contributed by atoms with Crippen molar-refractivity contribution in [2.45, 2.75) is 111 Å². The van der Waals surface area contributed by atoms with Crippen LogP contribution in [-0.4, -0.2) is 17.9 Å². The van der Waals surface area contributed by atoms with Gasteiger partial charge in [0.2, 0.25) is 0 Å². The molecular formula is C27H42O3. The van der Waals surface area contributed by atoms with Gasteiger partial charge in [-0.2, -0.15) is 0 Å². The number of ketones is 1. The van der Waals surface area contributed by atoms with Crippen LogP contribution in [0.2, 0.25) is 0 Å². The molecule has 4 aliphatic rings. The van der Waals surface area contributed by atoms with Gasteiger partial charge in [-0.3, -0.25) is 9.59 Å². The van der Waals surface area contributed by atoms with E-state index in [0.29, 0.717) is 24.0 Å². The van der Waals surface area contributed by atoms with Crippen molar-refractivity contribution < 1.29 is 14.3 Å². The summed E-state index contributed by atoms with van der Waals surface area (Å²) in [7, 11) is 0. The SMILES string of the molecule is CCCCCCC(=O)O[C@H]1CC[C@H]2[C@@H]3CCC4=CC(=O)C(C)(C)C[C@@H]4[C@H]3CC[C@]12C. The van der Waals surface area contributed by atoms with Gasteiger partial charge in [0, 0.05) is 17.3 Å². The zero-order valence-corrected chi connectivity index (χ0v) is 19.7. The molecule has 4 rings (SSSR count). The van der Waals surface area contributed by atoms with E-state index in [4.69, 9.17) is 4.74 Å². The highest BCUT2D eigenvalue weighted by Crippen LogP contribution is 2.63. The van der Waals surface area contributed by atoms with Crippen LogP contribution in [0.5, 0.6) is 0 Å². The van der Waals surface area contributed by atoms with Gasteiger partial charge in [-0.05, 0) is 81.1 Å². The summed E-state index contributed by atoms with van der Waals surface area (Å²) in [6.45, 7) is 8.87. The summed E-state index contributed by atoms with van der Waals surface area (Å²) in [5.74, 6) is 3.10. The molecule has 0 bridgehead atoms. The minimum absolute atomic E-state index is 0.0292. The second kappa shape index (κ2) is 8.43. The Hall–Kier alpha value is -1.12. The second-order valence-corrected chi connectivity index (χ2v) is 11.7. The van der Waals surface area contributed by atoms with Crippen LogP contribution in [0.4, 0.5) is 0 Å². The van der Waals surface area contributed by atoms with E-state index in [0.717, 1.165) is 43.9 Å². The Balaban J connectivity index is 1.42. The summed E-state index contributed by atoms with van der Waals surface area (Å²) in [4.78, 5) is 25.0. The van der Waals surface area contributed by atoms with Crippen LogP contribution in [0, 0.1) is 34.5 Å². The molecule has 3 nitrogen and oxygen atoms in total. The van der Waals surface area contributed by atoms with E-state index < -0.39 is 0 Å². The predicted octanol–water partition coefficient (Wildman–Crippen LogP) is 6.65. The largest absolute Gasteiger partial charge is 0.462 e. The number of hydrogen-bond acceptors (Lipinski definition) is 3. The van der Waals surface area contributed by atoms with Crippen molar-refractivity contribution in [1.29, 1.82) is 0 Å². The summed E-state index contributed by atoms with van der Waals surface area (Å²) in [6.07, 6.45) is 15.2. The molecule has 0 heterocycles.